The van der Waals surface area contributed by atoms with Crippen molar-refractivity contribution in [2.75, 3.05) is 33.3 Å². The molecule has 0 heterocycles. The predicted molar refractivity (Wildman–Crippen MR) is 73.4 cm³/mol. The van der Waals surface area contributed by atoms with Crippen LogP contribution in [0.25, 0.3) is 0 Å². The summed E-state index contributed by atoms with van der Waals surface area (Å²) < 4.78 is 5.58. The number of ether oxygens (including phenoxy) is 1. The van der Waals surface area contributed by atoms with E-state index in [4.69, 9.17) is 4.74 Å². The summed E-state index contributed by atoms with van der Waals surface area (Å²) in [4.78, 5) is 2.43. The number of nitrogens with zero attached hydrogens (tertiary/aromatic N) is 1. The van der Waals surface area contributed by atoms with Crippen molar-refractivity contribution in [1.82, 2.24) is 10.2 Å². The third kappa shape index (κ3) is 6.39. The monoisotopic (exact) mass is 242 g/mol. The number of nitrogens with one attached hydrogen (secondary N) is 1. The van der Waals surface area contributed by atoms with Gasteiger partial charge in [-0.3, -0.25) is 0 Å². The highest BCUT2D eigenvalue weighted by Gasteiger charge is 2.28. The van der Waals surface area contributed by atoms with E-state index in [1.54, 1.807) is 0 Å². The van der Waals surface area contributed by atoms with Gasteiger partial charge in [-0.2, -0.15) is 0 Å². The quantitative estimate of drug-likeness (QED) is 0.670. The smallest absolute Gasteiger partial charge is 0.0580 e. The Bertz CT molecular complexity index is 191. The van der Waals surface area contributed by atoms with E-state index in [2.05, 4.69) is 38.0 Å². The third-order valence-electron chi connectivity index (χ3n) is 3.56. The van der Waals surface area contributed by atoms with E-state index >= 15 is 0 Å². The van der Waals surface area contributed by atoms with Crippen molar-refractivity contribution in [3.63, 3.8) is 0 Å². The van der Waals surface area contributed by atoms with Gasteiger partial charge in [-0.15, -0.1) is 0 Å². The van der Waals surface area contributed by atoms with E-state index in [0.29, 0.717) is 12.1 Å². The summed E-state index contributed by atoms with van der Waals surface area (Å²) in [5.41, 5.74) is 0. The van der Waals surface area contributed by atoms with Crippen LogP contribution in [0, 0.1) is 5.92 Å². The molecule has 0 aromatic carbocycles. The minimum absolute atomic E-state index is 0.568. The number of likely N-dealkylation sites (N-methyl/N-ethyl adjacent to an activating group) is 1. The van der Waals surface area contributed by atoms with Gasteiger partial charge in [-0.1, -0.05) is 13.8 Å². The highest BCUT2D eigenvalue weighted by molar-refractivity contribution is 4.80. The molecule has 0 atom stereocenters. The molecule has 0 radical (unpaired) electrons. The summed E-state index contributed by atoms with van der Waals surface area (Å²) in [6.07, 6.45) is 4.47. The Hall–Kier alpha value is -0.120. The zero-order valence-electron chi connectivity index (χ0n) is 12.0. The topological polar surface area (TPSA) is 24.5 Å². The van der Waals surface area contributed by atoms with E-state index in [1.807, 2.05) is 0 Å². The van der Waals surface area contributed by atoms with Crippen molar-refractivity contribution in [3.05, 3.63) is 0 Å². The van der Waals surface area contributed by atoms with Gasteiger partial charge in [0.05, 0.1) is 6.10 Å². The van der Waals surface area contributed by atoms with Crippen molar-refractivity contribution < 1.29 is 4.74 Å². The number of rotatable bonds is 9. The molecule has 0 bridgehead atoms. The summed E-state index contributed by atoms with van der Waals surface area (Å²) in [6, 6.07) is 0.599. The number of hydrogen-bond acceptors (Lipinski definition) is 3. The second-order valence-corrected chi connectivity index (χ2v) is 5.62. The molecular weight excluding hydrogens is 212 g/mol. The van der Waals surface area contributed by atoms with Gasteiger partial charge in [0.15, 0.2) is 0 Å². The van der Waals surface area contributed by atoms with Gasteiger partial charge in [0, 0.05) is 25.7 Å². The average Bonchev–Trinajstić information content (AvgIpc) is 2.20. The maximum absolute atomic E-state index is 5.58. The van der Waals surface area contributed by atoms with Crippen LogP contribution in [-0.4, -0.2) is 50.3 Å². The third-order valence-corrected chi connectivity index (χ3v) is 3.56. The summed E-state index contributed by atoms with van der Waals surface area (Å²) >= 11 is 0. The molecular formula is C14H30N2O. The fraction of sp³-hybridized carbons (Fsp3) is 1.00. The van der Waals surface area contributed by atoms with Gasteiger partial charge in [0.1, 0.15) is 0 Å². The first kappa shape index (κ1) is 14.9. The van der Waals surface area contributed by atoms with E-state index < -0.39 is 0 Å². The average molecular weight is 242 g/mol. The van der Waals surface area contributed by atoms with Gasteiger partial charge < -0.3 is 15.0 Å². The van der Waals surface area contributed by atoms with Crippen molar-refractivity contribution in [3.8, 4) is 0 Å². The Morgan fingerprint density at radius 3 is 2.59 bits per heavy atom. The Balaban J connectivity index is 1.92. The highest BCUT2D eigenvalue weighted by Crippen LogP contribution is 2.32. The van der Waals surface area contributed by atoms with Crippen molar-refractivity contribution in [1.29, 1.82) is 0 Å². The SMILES string of the molecule is CCOC1CC(CCN(C)CCNC(C)C)C1. The normalized spacial score (nSPS) is 24.4. The minimum Gasteiger partial charge on any atom is -0.378 e. The standard InChI is InChI=1S/C14H30N2O/c1-5-17-14-10-13(11-14)6-8-16(4)9-7-15-12(2)3/h12-15H,5-11H2,1-4H3. The van der Waals surface area contributed by atoms with Crippen LogP contribution in [0.15, 0.2) is 0 Å². The first-order valence-electron chi connectivity index (χ1n) is 7.15. The Morgan fingerprint density at radius 1 is 1.29 bits per heavy atom. The van der Waals surface area contributed by atoms with Gasteiger partial charge in [-0.05, 0) is 45.7 Å². The number of hydrogen-bond donors (Lipinski definition) is 1. The second-order valence-electron chi connectivity index (χ2n) is 5.62. The van der Waals surface area contributed by atoms with Crippen LogP contribution >= 0.6 is 0 Å². The van der Waals surface area contributed by atoms with Gasteiger partial charge in [0.2, 0.25) is 0 Å². The van der Waals surface area contributed by atoms with Crippen LogP contribution in [0.4, 0.5) is 0 Å². The first-order valence-corrected chi connectivity index (χ1v) is 7.15. The molecule has 1 rings (SSSR count). The second kappa shape index (κ2) is 8.06. The molecule has 1 fully saturated rings. The molecule has 1 aliphatic rings. The van der Waals surface area contributed by atoms with Crippen LogP contribution in [0.1, 0.15) is 40.0 Å². The molecule has 102 valence electrons. The molecule has 1 saturated carbocycles. The van der Waals surface area contributed by atoms with Crippen molar-refractivity contribution in [2.24, 2.45) is 5.92 Å². The molecule has 17 heavy (non-hydrogen) atoms. The Labute approximate surface area is 107 Å². The molecule has 3 heteroatoms. The predicted octanol–water partition coefficient (Wildman–Crippen LogP) is 2.12. The van der Waals surface area contributed by atoms with Crippen LogP contribution in [-0.2, 0) is 4.74 Å². The fourth-order valence-corrected chi connectivity index (χ4v) is 2.34. The largest absolute Gasteiger partial charge is 0.378 e. The fourth-order valence-electron chi connectivity index (χ4n) is 2.34. The zero-order chi connectivity index (χ0) is 12.7. The highest BCUT2D eigenvalue weighted by atomic mass is 16.5. The first-order chi connectivity index (χ1) is 8.11. The summed E-state index contributed by atoms with van der Waals surface area (Å²) in [6.45, 7) is 10.8. The molecule has 3 nitrogen and oxygen atoms in total. The summed E-state index contributed by atoms with van der Waals surface area (Å²) in [7, 11) is 2.22. The lowest BCUT2D eigenvalue weighted by atomic mass is 9.80. The van der Waals surface area contributed by atoms with Crippen LogP contribution in [0.3, 0.4) is 0 Å². The molecule has 0 unspecified atom stereocenters. The lowest BCUT2D eigenvalue weighted by Crippen LogP contribution is -2.36. The lowest BCUT2D eigenvalue weighted by molar-refractivity contribution is -0.0282. The van der Waals surface area contributed by atoms with Gasteiger partial charge >= 0.3 is 0 Å². The van der Waals surface area contributed by atoms with Crippen molar-refractivity contribution in [2.45, 2.75) is 52.2 Å². The van der Waals surface area contributed by atoms with Crippen LogP contribution < -0.4 is 5.32 Å². The molecule has 1 N–H and O–H groups in total. The Morgan fingerprint density at radius 2 is 2.00 bits per heavy atom. The Kier molecular flexibility index (Phi) is 7.09. The van der Waals surface area contributed by atoms with Crippen LogP contribution in [0.2, 0.25) is 0 Å². The maximum Gasteiger partial charge on any atom is 0.0580 e. The van der Waals surface area contributed by atoms with Gasteiger partial charge in [0.25, 0.3) is 0 Å². The molecule has 0 aliphatic heterocycles. The lowest BCUT2D eigenvalue weighted by Gasteiger charge is -2.35. The van der Waals surface area contributed by atoms with E-state index in [1.165, 1.54) is 25.8 Å². The molecule has 1 aliphatic carbocycles. The molecule has 0 amide bonds. The maximum atomic E-state index is 5.58. The molecule has 0 saturated heterocycles. The van der Waals surface area contributed by atoms with Crippen LogP contribution in [0.5, 0.6) is 0 Å². The minimum atomic E-state index is 0.568. The summed E-state index contributed by atoms with van der Waals surface area (Å²) in [5, 5.41) is 3.45. The summed E-state index contributed by atoms with van der Waals surface area (Å²) in [5.74, 6) is 0.909. The van der Waals surface area contributed by atoms with E-state index in [9.17, 15) is 0 Å². The zero-order valence-corrected chi connectivity index (χ0v) is 12.0. The molecule has 0 aromatic rings. The van der Waals surface area contributed by atoms with Gasteiger partial charge in [-0.25, -0.2) is 0 Å². The van der Waals surface area contributed by atoms with E-state index in [-0.39, 0.29) is 0 Å². The van der Waals surface area contributed by atoms with Crippen molar-refractivity contribution >= 4 is 0 Å². The molecule has 0 spiro atoms. The van der Waals surface area contributed by atoms with E-state index in [0.717, 1.165) is 25.6 Å². The molecule has 0 aromatic heterocycles.